The molecule has 6 rings (SSSR count). The summed E-state index contributed by atoms with van der Waals surface area (Å²) in [6, 6.07) is 0. The Bertz CT molecular complexity index is 777. The first kappa shape index (κ1) is 18.2. The molecule has 28 heavy (non-hydrogen) atoms. The molecule has 152 valence electrons. The first-order valence-corrected chi connectivity index (χ1v) is 11.0. The Morgan fingerprint density at radius 2 is 1.79 bits per heavy atom. The van der Waals surface area contributed by atoms with Crippen LogP contribution in [0.15, 0.2) is 0 Å². The van der Waals surface area contributed by atoms with Crippen LogP contribution in [0.5, 0.6) is 0 Å². The van der Waals surface area contributed by atoms with Crippen LogP contribution in [-0.2, 0) is 29.5 Å². The summed E-state index contributed by atoms with van der Waals surface area (Å²) < 4.78 is 6.84. The average molecular weight is 386 g/mol. The Balaban J connectivity index is 1.32. The van der Waals surface area contributed by atoms with Crippen molar-refractivity contribution in [2.24, 2.45) is 30.2 Å². The number of rotatable bonds is 4. The number of hydrogen-bond acceptors (Lipinski definition) is 4. The number of nitrogens with zero attached hydrogens (tertiary/aromatic N) is 3. The van der Waals surface area contributed by atoms with Gasteiger partial charge < -0.3 is 9.64 Å². The molecule has 2 heterocycles. The van der Waals surface area contributed by atoms with Crippen molar-refractivity contribution in [3.8, 4) is 0 Å². The van der Waals surface area contributed by atoms with Crippen LogP contribution in [0.1, 0.15) is 73.6 Å². The molecule has 1 aliphatic heterocycles. The van der Waals surface area contributed by atoms with Gasteiger partial charge in [0.05, 0.1) is 12.3 Å². The van der Waals surface area contributed by atoms with Crippen molar-refractivity contribution < 1.29 is 14.3 Å². The van der Waals surface area contributed by atoms with E-state index in [1.807, 2.05) is 11.8 Å². The van der Waals surface area contributed by atoms with E-state index in [1.54, 1.807) is 11.7 Å². The lowest BCUT2D eigenvalue weighted by Gasteiger charge is -2.57. The molecule has 1 aromatic rings. The Morgan fingerprint density at radius 3 is 2.39 bits per heavy atom. The zero-order valence-electron chi connectivity index (χ0n) is 17.1. The summed E-state index contributed by atoms with van der Waals surface area (Å²) in [5, 5.41) is 4.51. The van der Waals surface area contributed by atoms with Crippen molar-refractivity contribution >= 4 is 11.9 Å². The largest absolute Gasteiger partial charge is 0.461 e. The Hall–Kier alpha value is -1.85. The molecule has 6 nitrogen and oxygen atoms in total. The van der Waals surface area contributed by atoms with Gasteiger partial charge in [0, 0.05) is 38.5 Å². The molecule has 1 aromatic heterocycles. The molecular formula is C22H31N3O3. The number of amides is 1. The Morgan fingerprint density at radius 1 is 1.14 bits per heavy atom. The monoisotopic (exact) mass is 385 g/mol. The molecule has 0 radical (unpaired) electrons. The number of fused-ring (bicyclic) bond motifs is 1. The van der Waals surface area contributed by atoms with Crippen LogP contribution in [-0.4, -0.2) is 39.7 Å². The molecule has 0 N–H and O–H groups in total. The second kappa shape index (κ2) is 6.60. The van der Waals surface area contributed by atoms with Crippen molar-refractivity contribution in [3.05, 3.63) is 17.0 Å². The highest BCUT2D eigenvalue weighted by Crippen LogP contribution is 2.61. The zero-order chi connectivity index (χ0) is 19.5. The summed E-state index contributed by atoms with van der Waals surface area (Å²) in [6.45, 7) is 3.34. The number of hydrogen-bond donors (Lipinski definition) is 0. The minimum absolute atomic E-state index is 0.255. The van der Waals surface area contributed by atoms with Crippen molar-refractivity contribution in [1.82, 2.24) is 14.7 Å². The highest BCUT2D eigenvalue weighted by Gasteiger charge is 2.51. The van der Waals surface area contributed by atoms with Gasteiger partial charge in [-0.25, -0.2) is 4.79 Å². The van der Waals surface area contributed by atoms with Gasteiger partial charge in [0.1, 0.15) is 0 Å². The molecule has 0 atom stereocenters. The van der Waals surface area contributed by atoms with Gasteiger partial charge in [0.15, 0.2) is 5.69 Å². The van der Waals surface area contributed by atoms with Crippen LogP contribution in [0.3, 0.4) is 0 Å². The third-order valence-electron chi connectivity index (χ3n) is 7.71. The van der Waals surface area contributed by atoms with Crippen LogP contribution in [0.25, 0.3) is 0 Å². The molecule has 6 heteroatoms. The van der Waals surface area contributed by atoms with Crippen LogP contribution in [0.4, 0.5) is 0 Å². The number of esters is 1. The lowest BCUT2D eigenvalue weighted by molar-refractivity contribution is -0.140. The minimum atomic E-state index is -0.339. The number of carbonyl (C=O) groups excluding carboxylic acids is 2. The lowest BCUT2D eigenvalue weighted by atomic mass is 9.49. The molecule has 4 fully saturated rings. The van der Waals surface area contributed by atoms with Gasteiger partial charge >= 0.3 is 5.97 Å². The normalized spacial score (nSPS) is 33.1. The summed E-state index contributed by atoms with van der Waals surface area (Å²) in [6.07, 6.45) is 9.38. The van der Waals surface area contributed by atoms with E-state index in [2.05, 4.69) is 5.10 Å². The second-order valence-corrected chi connectivity index (χ2v) is 9.78. The van der Waals surface area contributed by atoms with Crippen molar-refractivity contribution in [1.29, 1.82) is 0 Å². The highest BCUT2D eigenvalue weighted by atomic mass is 16.5. The van der Waals surface area contributed by atoms with Crippen LogP contribution in [0.2, 0.25) is 0 Å². The molecule has 4 saturated carbocycles. The van der Waals surface area contributed by atoms with Gasteiger partial charge in [-0.15, -0.1) is 0 Å². The van der Waals surface area contributed by atoms with E-state index in [1.165, 1.54) is 38.5 Å². The zero-order valence-corrected chi connectivity index (χ0v) is 17.1. The van der Waals surface area contributed by atoms with E-state index in [0.717, 1.165) is 35.4 Å². The molecule has 4 bridgehead atoms. The standard InChI is InChI=1S/C22H31N3O3/c1-3-28-21(27)20-17-13-25(5-4-18(17)23-24(20)2)19(26)12-22-9-14-6-15(10-22)8-16(7-14)11-22/h14-16H,3-13H2,1-2H3. The van der Waals surface area contributed by atoms with Gasteiger partial charge in [0.2, 0.25) is 5.91 Å². The molecule has 4 aliphatic carbocycles. The Kier molecular flexibility index (Phi) is 4.29. The molecule has 0 saturated heterocycles. The van der Waals surface area contributed by atoms with E-state index in [0.29, 0.717) is 31.8 Å². The molecule has 0 spiro atoms. The third-order valence-corrected chi connectivity index (χ3v) is 7.71. The lowest BCUT2D eigenvalue weighted by Crippen LogP contribution is -2.49. The summed E-state index contributed by atoms with van der Waals surface area (Å²) in [4.78, 5) is 27.6. The van der Waals surface area contributed by atoms with Gasteiger partial charge in [-0.3, -0.25) is 9.48 Å². The topological polar surface area (TPSA) is 64.4 Å². The highest BCUT2D eigenvalue weighted by molar-refractivity contribution is 5.90. The fourth-order valence-electron chi connectivity index (χ4n) is 7.11. The van der Waals surface area contributed by atoms with E-state index < -0.39 is 0 Å². The predicted octanol–water partition coefficient (Wildman–Crippen LogP) is 3.09. The van der Waals surface area contributed by atoms with Crippen LogP contribution in [0, 0.1) is 23.2 Å². The molecule has 0 unspecified atom stereocenters. The minimum Gasteiger partial charge on any atom is -0.461 e. The van der Waals surface area contributed by atoms with Crippen molar-refractivity contribution in [2.45, 2.75) is 64.8 Å². The fourth-order valence-corrected chi connectivity index (χ4v) is 7.11. The quantitative estimate of drug-likeness (QED) is 0.747. The van der Waals surface area contributed by atoms with E-state index in [4.69, 9.17) is 4.74 Å². The predicted molar refractivity (Wildman–Crippen MR) is 104 cm³/mol. The fraction of sp³-hybridized carbons (Fsp3) is 0.773. The number of carbonyl (C=O) groups is 2. The third kappa shape index (κ3) is 2.96. The summed E-state index contributed by atoms with van der Waals surface area (Å²) in [5.74, 6) is 2.52. The van der Waals surface area contributed by atoms with Crippen LogP contribution < -0.4 is 0 Å². The summed E-state index contributed by atoms with van der Waals surface area (Å²) in [7, 11) is 1.78. The summed E-state index contributed by atoms with van der Waals surface area (Å²) in [5.41, 5.74) is 2.57. The Labute approximate surface area is 166 Å². The molecule has 0 aromatic carbocycles. The SMILES string of the molecule is CCOC(=O)c1c2c(nn1C)CCN(C(=O)CC13CC4CC(CC(C4)C1)C3)C2. The van der Waals surface area contributed by atoms with Gasteiger partial charge in [0.25, 0.3) is 0 Å². The van der Waals surface area contributed by atoms with E-state index >= 15 is 0 Å². The number of aryl methyl sites for hydroxylation is 1. The smallest absolute Gasteiger partial charge is 0.356 e. The van der Waals surface area contributed by atoms with Gasteiger partial charge in [-0.1, -0.05) is 0 Å². The van der Waals surface area contributed by atoms with E-state index in [-0.39, 0.29) is 17.3 Å². The molecular weight excluding hydrogens is 354 g/mol. The maximum Gasteiger partial charge on any atom is 0.356 e. The van der Waals surface area contributed by atoms with Gasteiger partial charge in [-0.2, -0.15) is 5.10 Å². The van der Waals surface area contributed by atoms with E-state index in [9.17, 15) is 9.59 Å². The second-order valence-electron chi connectivity index (χ2n) is 9.78. The van der Waals surface area contributed by atoms with Gasteiger partial charge in [-0.05, 0) is 68.6 Å². The maximum atomic E-state index is 13.3. The first-order valence-electron chi connectivity index (χ1n) is 11.0. The molecule has 5 aliphatic rings. The number of ether oxygens (including phenoxy) is 1. The first-order chi connectivity index (χ1) is 13.5. The van der Waals surface area contributed by atoms with Crippen LogP contribution >= 0.6 is 0 Å². The number of aromatic nitrogens is 2. The molecule has 1 amide bonds. The average Bonchev–Trinajstić information content (AvgIpc) is 2.95. The summed E-state index contributed by atoms with van der Waals surface area (Å²) >= 11 is 0. The van der Waals surface area contributed by atoms with Crippen molar-refractivity contribution in [2.75, 3.05) is 13.2 Å². The van der Waals surface area contributed by atoms with Crippen molar-refractivity contribution in [3.63, 3.8) is 0 Å². The maximum absolute atomic E-state index is 13.3.